The Bertz CT molecular complexity index is 952. The summed E-state index contributed by atoms with van der Waals surface area (Å²) in [4.78, 5) is 7.29. The van der Waals surface area contributed by atoms with Gasteiger partial charge in [-0.2, -0.15) is 5.26 Å². The van der Waals surface area contributed by atoms with Crippen LogP contribution in [0.2, 0.25) is 0 Å². The van der Waals surface area contributed by atoms with Crippen LogP contribution in [0, 0.1) is 11.3 Å². The van der Waals surface area contributed by atoms with Gasteiger partial charge in [0, 0.05) is 19.0 Å². The van der Waals surface area contributed by atoms with Crippen LogP contribution in [-0.2, 0) is 6.42 Å². The molecule has 1 atom stereocenters. The Balaban J connectivity index is 1.49. The first-order valence-electron chi connectivity index (χ1n) is 9.87. The third-order valence-electron chi connectivity index (χ3n) is 5.58. The van der Waals surface area contributed by atoms with Gasteiger partial charge in [-0.05, 0) is 61.7 Å². The summed E-state index contributed by atoms with van der Waals surface area (Å²) in [6.45, 7) is 4.53. The first-order valence-corrected chi connectivity index (χ1v) is 9.87. The summed E-state index contributed by atoms with van der Waals surface area (Å²) in [6, 6.07) is 16.6. The van der Waals surface area contributed by atoms with Gasteiger partial charge >= 0.3 is 0 Å². The molecule has 0 saturated carbocycles. The number of likely N-dealkylation sites (tertiary alicyclic amines) is 1. The fourth-order valence-corrected chi connectivity index (χ4v) is 3.90. The van der Waals surface area contributed by atoms with Crippen LogP contribution in [0.3, 0.4) is 0 Å². The van der Waals surface area contributed by atoms with Gasteiger partial charge in [0.25, 0.3) is 0 Å². The van der Waals surface area contributed by atoms with Crippen molar-refractivity contribution < 1.29 is 4.42 Å². The van der Waals surface area contributed by atoms with E-state index in [9.17, 15) is 0 Å². The summed E-state index contributed by atoms with van der Waals surface area (Å²) >= 11 is 0. The third kappa shape index (κ3) is 4.04. The van der Waals surface area contributed by atoms with Crippen LogP contribution in [-0.4, -0.2) is 29.0 Å². The lowest BCUT2D eigenvalue weighted by Gasteiger charge is -2.26. The highest BCUT2D eigenvalue weighted by Gasteiger charge is 2.17. The van der Waals surface area contributed by atoms with E-state index in [1.54, 1.807) is 0 Å². The second-order valence-electron chi connectivity index (χ2n) is 7.46. The Morgan fingerprint density at radius 3 is 2.74 bits per heavy atom. The molecule has 0 amide bonds. The number of rotatable bonds is 4. The molecule has 1 aliphatic heterocycles. The Morgan fingerprint density at radius 1 is 1.11 bits per heavy atom. The predicted molar refractivity (Wildman–Crippen MR) is 107 cm³/mol. The second-order valence-corrected chi connectivity index (χ2v) is 7.46. The maximum atomic E-state index is 8.94. The molecule has 1 fully saturated rings. The molecular weight excluding hydrogens is 334 g/mol. The number of benzene rings is 2. The van der Waals surface area contributed by atoms with Gasteiger partial charge in [0.2, 0.25) is 0 Å². The molecule has 1 saturated heterocycles. The molecule has 4 heteroatoms. The minimum atomic E-state index is 0.653. The fourth-order valence-electron chi connectivity index (χ4n) is 3.90. The van der Waals surface area contributed by atoms with Crippen LogP contribution in [0.5, 0.6) is 0 Å². The predicted octanol–water partition coefficient (Wildman–Crippen LogP) is 5.17. The lowest BCUT2D eigenvalue weighted by Crippen LogP contribution is -2.34. The Morgan fingerprint density at radius 2 is 1.93 bits per heavy atom. The minimum Gasteiger partial charge on any atom is -0.441 e. The molecular formula is C23H25N3O. The van der Waals surface area contributed by atoms with E-state index in [-0.39, 0.29) is 0 Å². The van der Waals surface area contributed by atoms with E-state index in [4.69, 9.17) is 14.7 Å². The molecule has 0 radical (unpaired) electrons. The maximum absolute atomic E-state index is 8.94. The van der Waals surface area contributed by atoms with Crippen molar-refractivity contribution in [2.24, 2.45) is 0 Å². The number of fused-ring (bicyclic) bond motifs is 1. The zero-order chi connectivity index (χ0) is 18.6. The quantitative estimate of drug-likeness (QED) is 0.644. The van der Waals surface area contributed by atoms with Gasteiger partial charge in [-0.15, -0.1) is 0 Å². The first-order chi connectivity index (χ1) is 13.2. The zero-order valence-electron chi connectivity index (χ0n) is 15.8. The van der Waals surface area contributed by atoms with Crippen molar-refractivity contribution in [2.45, 2.75) is 45.1 Å². The average molecular weight is 359 g/mol. The number of hydrogen-bond acceptors (Lipinski definition) is 4. The van der Waals surface area contributed by atoms with Crippen molar-refractivity contribution in [2.75, 3.05) is 13.1 Å². The van der Waals surface area contributed by atoms with E-state index < -0.39 is 0 Å². The zero-order valence-corrected chi connectivity index (χ0v) is 15.8. The smallest absolute Gasteiger partial charge is 0.196 e. The number of hydrogen-bond donors (Lipinski definition) is 0. The molecule has 0 aliphatic carbocycles. The summed E-state index contributed by atoms with van der Waals surface area (Å²) in [6.07, 6.45) is 6.14. The summed E-state index contributed by atoms with van der Waals surface area (Å²) in [5.74, 6) is 0.818. The fraction of sp³-hybridized carbons (Fsp3) is 0.391. The summed E-state index contributed by atoms with van der Waals surface area (Å²) in [5.41, 5.74) is 4.58. The van der Waals surface area contributed by atoms with Crippen molar-refractivity contribution >= 4 is 11.1 Å². The molecule has 138 valence electrons. The first kappa shape index (κ1) is 17.8. The minimum absolute atomic E-state index is 0.653. The van der Waals surface area contributed by atoms with Gasteiger partial charge in [0.1, 0.15) is 5.52 Å². The highest BCUT2D eigenvalue weighted by Crippen LogP contribution is 2.25. The highest BCUT2D eigenvalue weighted by molar-refractivity contribution is 5.80. The molecule has 27 heavy (non-hydrogen) atoms. The van der Waals surface area contributed by atoms with Gasteiger partial charge in [-0.25, -0.2) is 4.98 Å². The van der Waals surface area contributed by atoms with Crippen molar-refractivity contribution in [3.05, 3.63) is 53.9 Å². The lowest BCUT2D eigenvalue weighted by molar-refractivity contribution is 0.211. The van der Waals surface area contributed by atoms with Crippen molar-refractivity contribution in [1.82, 2.24) is 9.88 Å². The van der Waals surface area contributed by atoms with Crippen molar-refractivity contribution in [1.29, 1.82) is 5.26 Å². The lowest BCUT2D eigenvalue weighted by atomic mass is 10.0. The molecule has 0 N–H and O–H groups in total. The van der Waals surface area contributed by atoms with E-state index >= 15 is 0 Å². The van der Waals surface area contributed by atoms with Crippen LogP contribution in [0.15, 0.2) is 46.9 Å². The molecule has 0 bridgehead atoms. The SMILES string of the molecule is C[C@@H]1CCCCCN1CCc1nc2cc(-c3ccc(C#N)cc3)ccc2o1. The van der Waals surface area contributed by atoms with E-state index in [2.05, 4.69) is 30.0 Å². The topological polar surface area (TPSA) is 53.1 Å². The number of nitriles is 1. The van der Waals surface area contributed by atoms with E-state index in [0.29, 0.717) is 11.6 Å². The van der Waals surface area contributed by atoms with Gasteiger partial charge in [0.05, 0.1) is 11.6 Å². The van der Waals surface area contributed by atoms with E-state index in [0.717, 1.165) is 41.1 Å². The average Bonchev–Trinajstić information content (AvgIpc) is 3.00. The van der Waals surface area contributed by atoms with Crippen LogP contribution in [0.1, 0.15) is 44.1 Å². The number of aromatic nitrogens is 1. The molecule has 4 nitrogen and oxygen atoms in total. The van der Waals surface area contributed by atoms with Crippen LogP contribution in [0.4, 0.5) is 0 Å². The largest absolute Gasteiger partial charge is 0.441 e. The van der Waals surface area contributed by atoms with Gasteiger partial charge in [-0.3, -0.25) is 0 Å². The second kappa shape index (κ2) is 7.94. The third-order valence-corrected chi connectivity index (χ3v) is 5.58. The summed E-state index contributed by atoms with van der Waals surface area (Å²) < 4.78 is 5.97. The van der Waals surface area contributed by atoms with E-state index in [1.165, 1.54) is 32.2 Å². The Kier molecular flexibility index (Phi) is 5.22. The number of nitrogens with zero attached hydrogens (tertiary/aromatic N) is 3. The highest BCUT2D eigenvalue weighted by atomic mass is 16.3. The van der Waals surface area contributed by atoms with Crippen LogP contribution < -0.4 is 0 Å². The van der Waals surface area contributed by atoms with E-state index in [1.807, 2.05) is 30.3 Å². The molecule has 0 spiro atoms. The normalized spacial score (nSPS) is 18.3. The van der Waals surface area contributed by atoms with Crippen molar-refractivity contribution in [3.8, 4) is 17.2 Å². The summed E-state index contributed by atoms with van der Waals surface area (Å²) in [5, 5.41) is 8.94. The van der Waals surface area contributed by atoms with Crippen molar-refractivity contribution in [3.63, 3.8) is 0 Å². The molecule has 2 aromatic carbocycles. The molecule has 1 aliphatic rings. The number of oxazole rings is 1. The Hall–Kier alpha value is -2.64. The molecule has 4 rings (SSSR count). The van der Waals surface area contributed by atoms with Crippen LogP contribution >= 0.6 is 0 Å². The van der Waals surface area contributed by atoms with Gasteiger partial charge in [0.15, 0.2) is 11.5 Å². The molecule has 1 aromatic heterocycles. The standard InChI is InChI=1S/C23H25N3O/c1-17-5-3-2-4-13-26(17)14-12-23-25-21-15-20(10-11-22(21)27-23)19-8-6-18(16-24)7-9-19/h6-11,15,17H,2-5,12-14H2,1H3/t17-/m1/s1. The molecule has 2 heterocycles. The summed E-state index contributed by atoms with van der Waals surface area (Å²) in [7, 11) is 0. The molecule has 3 aromatic rings. The Labute approximate surface area is 160 Å². The van der Waals surface area contributed by atoms with Gasteiger partial charge < -0.3 is 9.32 Å². The van der Waals surface area contributed by atoms with Gasteiger partial charge in [-0.1, -0.05) is 31.0 Å². The monoisotopic (exact) mass is 359 g/mol. The van der Waals surface area contributed by atoms with Crippen LogP contribution in [0.25, 0.3) is 22.2 Å². The maximum Gasteiger partial charge on any atom is 0.196 e. The molecule has 0 unspecified atom stereocenters.